The number of carbonyl (C=O) groups excluding carboxylic acids is 1. The molecular formula is C17H24N6O. The van der Waals surface area contributed by atoms with Crippen LogP contribution in [0.3, 0.4) is 0 Å². The average Bonchev–Trinajstić information content (AvgIpc) is 3.09. The summed E-state index contributed by atoms with van der Waals surface area (Å²) in [6.07, 6.45) is 3.70. The van der Waals surface area contributed by atoms with E-state index in [9.17, 15) is 4.79 Å². The van der Waals surface area contributed by atoms with E-state index >= 15 is 0 Å². The molecule has 7 heteroatoms. The van der Waals surface area contributed by atoms with Crippen molar-refractivity contribution in [2.75, 3.05) is 27.2 Å². The molecule has 0 saturated carbocycles. The number of hydrogen-bond donors (Lipinski definition) is 1. The van der Waals surface area contributed by atoms with Gasteiger partial charge in [0.05, 0.1) is 6.54 Å². The van der Waals surface area contributed by atoms with Gasteiger partial charge >= 0.3 is 6.03 Å². The first kappa shape index (κ1) is 16.4. The van der Waals surface area contributed by atoms with Gasteiger partial charge in [0.2, 0.25) is 0 Å². The summed E-state index contributed by atoms with van der Waals surface area (Å²) in [6.45, 7) is 1.95. The lowest BCUT2D eigenvalue weighted by atomic mass is 10.0. The highest BCUT2D eigenvalue weighted by Crippen LogP contribution is 2.14. The van der Waals surface area contributed by atoms with E-state index < -0.39 is 0 Å². The van der Waals surface area contributed by atoms with E-state index in [1.54, 1.807) is 6.33 Å². The van der Waals surface area contributed by atoms with Crippen molar-refractivity contribution in [2.45, 2.75) is 25.4 Å². The van der Waals surface area contributed by atoms with Crippen LogP contribution in [-0.4, -0.2) is 63.8 Å². The van der Waals surface area contributed by atoms with Crippen molar-refractivity contribution < 1.29 is 4.79 Å². The zero-order chi connectivity index (χ0) is 16.9. The van der Waals surface area contributed by atoms with Gasteiger partial charge in [-0.25, -0.2) is 4.79 Å². The van der Waals surface area contributed by atoms with Crippen LogP contribution < -0.4 is 5.32 Å². The predicted octanol–water partition coefficient (Wildman–Crippen LogP) is 1.50. The Balaban J connectivity index is 1.55. The van der Waals surface area contributed by atoms with Crippen molar-refractivity contribution >= 4 is 6.03 Å². The minimum atomic E-state index is -0.0326. The molecule has 2 heterocycles. The van der Waals surface area contributed by atoms with E-state index in [4.69, 9.17) is 0 Å². The van der Waals surface area contributed by atoms with Crippen LogP contribution in [0.15, 0.2) is 36.7 Å². The third-order valence-corrected chi connectivity index (χ3v) is 4.53. The van der Waals surface area contributed by atoms with Crippen molar-refractivity contribution in [1.29, 1.82) is 0 Å². The molecule has 2 amide bonds. The number of piperidine rings is 1. The number of benzene rings is 1. The van der Waals surface area contributed by atoms with E-state index in [0.717, 1.165) is 37.4 Å². The fraction of sp³-hybridized carbons (Fsp3) is 0.471. The molecule has 0 unspecified atom stereocenters. The Morgan fingerprint density at radius 1 is 1.25 bits per heavy atom. The maximum Gasteiger partial charge on any atom is 0.317 e. The number of likely N-dealkylation sites (tertiary alicyclic amines) is 1. The Kier molecular flexibility index (Phi) is 5.10. The number of para-hydroxylation sites is 1. The number of amides is 2. The Hall–Kier alpha value is -2.41. The first-order valence-corrected chi connectivity index (χ1v) is 8.28. The summed E-state index contributed by atoms with van der Waals surface area (Å²) >= 11 is 0. The second-order valence-electron chi connectivity index (χ2n) is 6.29. The Morgan fingerprint density at radius 2 is 1.96 bits per heavy atom. The molecule has 1 aliphatic rings. The standard InChI is InChI=1S/C17H24N6O/c1-21(2)14-8-10-22(11-9-14)17(24)18-12-16-20-19-13-23(16)15-6-4-3-5-7-15/h3-7,13-14H,8-12H2,1-2H3,(H,18,24). The highest BCUT2D eigenvalue weighted by molar-refractivity contribution is 5.74. The fourth-order valence-corrected chi connectivity index (χ4v) is 3.04. The minimum Gasteiger partial charge on any atom is -0.331 e. The molecule has 128 valence electrons. The molecule has 1 aliphatic heterocycles. The molecule has 0 spiro atoms. The number of carbonyl (C=O) groups is 1. The molecule has 1 fully saturated rings. The first-order chi connectivity index (χ1) is 11.6. The topological polar surface area (TPSA) is 66.3 Å². The minimum absolute atomic E-state index is 0.0326. The molecule has 7 nitrogen and oxygen atoms in total. The Bertz CT molecular complexity index is 661. The molecular weight excluding hydrogens is 304 g/mol. The van der Waals surface area contributed by atoms with Crippen LogP contribution in [-0.2, 0) is 6.54 Å². The van der Waals surface area contributed by atoms with E-state index in [0.29, 0.717) is 12.6 Å². The molecule has 24 heavy (non-hydrogen) atoms. The van der Waals surface area contributed by atoms with E-state index in [2.05, 4.69) is 34.5 Å². The van der Waals surface area contributed by atoms with Crippen LogP contribution >= 0.6 is 0 Å². The lowest BCUT2D eigenvalue weighted by Crippen LogP contribution is -2.48. The third kappa shape index (κ3) is 3.73. The summed E-state index contributed by atoms with van der Waals surface area (Å²) < 4.78 is 1.89. The molecule has 1 saturated heterocycles. The zero-order valence-corrected chi connectivity index (χ0v) is 14.2. The van der Waals surface area contributed by atoms with Gasteiger partial charge in [-0.2, -0.15) is 0 Å². The van der Waals surface area contributed by atoms with Crippen LogP contribution in [0.25, 0.3) is 5.69 Å². The van der Waals surface area contributed by atoms with Gasteiger partial charge in [0.1, 0.15) is 6.33 Å². The maximum atomic E-state index is 12.4. The number of urea groups is 1. The normalized spacial score (nSPS) is 15.7. The van der Waals surface area contributed by atoms with E-state index in [1.165, 1.54) is 0 Å². The van der Waals surface area contributed by atoms with E-state index in [1.807, 2.05) is 39.8 Å². The smallest absolute Gasteiger partial charge is 0.317 e. The van der Waals surface area contributed by atoms with Crippen LogP contribution in [0.2, 0.25) is 0 Å². The molecule has 0 aliphatic carbocycles. The second-order valence-corrected chi connectivity index (χ2v) is 6.29. The van der Waals surface area contributed by atoms with Gasteiger partial charge in [-0.05, 0) is 39.1 Å². The van der Waals surface area contributed by atoms with E-state index in [-0.39, 0.29) is 6.03 Å². The summed E-state index contributed by atoms with van der Waals surface area (Å²) in [5, 5.41) is 11.0. The average molecular weight is 328 g/mol. The summed E-state index contributed by atoms with van der Waals surface area (Å²) in [5.41, 5.74) is 0.985. The van der Waals surface area contributed by atoms with Gasteiger partial charge in [-0.3, -0.25) is 4.57 Å². The van der Waals surface area contributed by atoms with Crippen molar-refractivity contribution in [2.24, 2.45) is 0 Å². The summed E-state index contributed by atoms with van der Waals surface area (Å²) in [7, 11) is 4.19. The molecule has 0 radical (unpaired) electrons. The van der Waals surface area contributed by atoms with Crippen LogP contribution in [0.5, 0.6) is 0 Å². The summed E-state index contributed by atoms with van der Waals surface area (Å²) in [6, 6.07) is 10.4. The van der Waals surface area contributed by atoms with Gasteiger partial charge in [0.15, 0.2) is 5.82 Å². The predicted molar refractivity (Wildman–Crippen MR) is 91.9 cm³/mol. The third-order valence-electron chi connectivity index (χ3n) is 4.53. The molecule has 0 atom stereocenters. The monoisotopic (exact) mass is 328 g/mol. The molecule has 1 aromatic heterocycles. The fourth-order valence-electron chi connectivity index (χ4n) is 3.04. The Labute approximate surface area is 142 Å². The lowest BCUT2D eigenvalue weighted by molar-refractivity contribution is 0.148. The maximum absolute atomic E-state index is 12.4. The van der Waals surface area contributed by atoms with Gasteiger partial charge in [0, 0.05) is 24.8 Å². The number of aromatic nitrogens is 3. The molecule has 2 aromatic rings. The number of nitrogens with zero attached hydrogens (tertiary/aromatic N) is 5. The highest BCUT2D eigenvalue weighted by Gasteiger charge is 2.23. The number of hydrogen-bond acceptors (Lipinski definition) is 4. The van der Waals surface area contributed by atoms with Gasteiger partial charge in [0.25, 0.3) is 0 Å². The Morgan fingerprint density at radius 3 is 2.62 bits per heavy atom. The number of nitrogens with one attached hydrogen (secondary N) is 1. The van der Waals surface area contributed by atoms with Crippen molar-refractivity contribution in [3.8, 4) is 5.69 Å². The van der Waals surface area contributed by atoms with Gasteiger partial charge in [-0.1, -0.05) is 18.2 Å². The summed E-state index contributed by atoms with van der Waals surface area (Å²) in [5.74, 6) is 0.720. The quantitative estimate of drug-likeness (QED) is 0.924. The van der Waals surface area contributed by atoms with Gasteiger partial charge in [-0.15, -0.1) is 10.2 Å². The van der Waals surface area contributed by atoms with Crippen LogP contribution in [0, 0.1) is 0 Å². The molecule has 1 N–H and O–H groups in total. The van der Waals surface area contributed by atoms with Crippen molar-refractivity contribution in [1.82, 2.24) is 29.9 Å². The van der Waals surface area contributed by atoms with Crippen molar-refractivity contribution in [3.63, 3.8) is 0 Å². The SMILES string of the molecule is CN(C)C1CCN(C(=O)NCc2nncn2-c2ccccc2)CC1. The molecule has 1 aromatic carbocycles. The molecule has 3 rings (SSSR count). The zero-order valence-electron chi connectivity index (χ0n) is 14.2. The molecule has 0 bridgehead atoms. The van der Waals surface area contributed by atoms with Crippen LogP contribution in [0.1, 0.15) is 18.7 Å². The highest BCUT2D eigenvalue weighted by atomic mass is 16.2. The number of rotatable bonds is 4. The summed E-state index contributed by atoms with van der Waals surface area (Å²) in [4.78, 5) is 16.5. The largest absolute Gasteiger partial charge is 0.331 e. The first-order valence-electron chi connectivity index (χ1n) is 8.28. The van der Waals surface area contributed by atoms with Gasteiger partial charge < -0.3 is 15.1 Å². The lowest BCUT2D eigenvalue weighted by Gasteiger charge is -2.35. The van der Waals surface area contributed by atoms with Crippen LogP contribution in [0.4, 0.5) is 4.79 Å². The van der Waals surface area contributed by atoms with Crippen molar-refractivity contribution in [3.05, 3.63) is 42.5 Å². The second kappa shape index (κ2) is 7.44.